The van der Waals surface area contributed by atoms with E-state index in [-0.39, 0.29) is 11.5 Å². The van der Waals surface area contributed by atoms with Gasteiger partial charge in [-0.2, -0.15) is 0 Å². The van der Waals surface area contributed by atoms with Crippen LogP contribution >= 0.6 is 11.3 Å². The van der Waals surface area contributed by atoms with Crippen molar-refractivity contribution in [2.45, 2.75) is 13.3 Å². The number of hydrogen-bond acceptors (Lipinski definition) is 5. The highest BCUT2D eigenvalue weighted by Crippen LogP contribution is 2.35. The molecule has 4 rings (SSSR count). The number of rotatable bonds is 6. The summed E-state index contributed by atoms with van der Waals surface area (Å²) in [6.45, 7) is 2.63. The second kappa shape index (κ2) is 7.89. The van der Waals surface area contributed by atoms with Crippen molar-refractivity contribution in [3.8, 4) is 0 Å². The quantitative estimate of drug-likeness (QED) is 0.418. The van der Waals surface area contributed by atoms with Gasteiger partial charge in [0.15, 0.2) is 0 Å². The Morgan fingerprint density at radius 2 is 1.93 bits per heavy atom. The van der Waals surface area contributed by atoms with Crippen LogP contribution in [0.25, 0.3) is 21.0 Å². The van der Waals surface area contributed by atoms with Crippen LogP contribution in [0.1, 0.15) is 34.1 Å². The van der Waals surface area contributed by atoms with Gasteiger partial charge in [-0.25, -0.2) is 9.78 Å². The predicted octanol–water partition coefficient (Wildman–Crippen LogP) is 5.03. The van der Waals surface area contributed by atoms with Gasteiger partial charge < -0.3 is 15.7 Å². The van der Waals surface area contributed by atoms with E-state index in [4.69, 9.17) is 0 Å². The van der Waals surface area contributed by atoms with Gasteiger partial charge in [0.1, 0.15) is 5.82 Å². The van der Waals surface area contributed by atoms with Crippen LogP contribution in [0.15, 0.2) is 53.9 Å². The number of carboxylic acids is 1. The van der Waals surface area contributed by atoms with Gasteiger partial charge in [0.05, 0.1) is 11.1 Å². The minimum atomic E-state index is -0.986. The molecule has 0 saturated heterocycles. The number of aromatic nitrogens is 1. The summed E-state index contributed by atoms with van der Waals surface area (Å²) < 4.78 is 1.03. The molecule has 0 aliphatic carbocycles. The first kappa shape index (κ1) is 18.9. The van der Waals surface area contributed by atoms with E-state index in [2.05, 4.69) is 15.6 Å². The van der Waals surface area contributed by atoms with Gasteiger partial charge >= 0.3 is 5.97 Å². The molecule has 6 nitrogen and oxygen atoms in total. The molecule has 0 saturated carbocycles. The summed E-state index contributed by atoms with van der Waals surface area (Å²) in [7, 11) is 0. The molecule has 1 amide bonds. The van der Waals surface area contributed by atoms with Crippen LogP contribution in [0.2, 0.25) is 0 Å². The van der Waals surface area contributed by atoms with Crippen molar-refractivity contribution in [3.05, 3.63) is 65.0 Å². The summed E-state index contributed by atoms with van der Waals surface area (Å²) in [5.41, 5.74) is 2.11. The molecule has 0 unspecified atom stereocenters. The third kappa shape index (κ3) is 3.77. The molecule has 2 aromatic carbocycles. The molecule has 0 atom stereocenters. The van der Waals surface area contributed by atoms with Gasteiger partial charge in [0, 0.05) is 33.3 Å². The Kier molecular flexibility index (Phi) is 5.14. The van der Waals surface area contributed by atoms with Crippen LogP contribution in [0.5, 0.6) is 0 Å². The number of fused-ring (bicyclic) bond motifs is 3. The van der Waals surface area contributed by atoms with Crippen LogP contribution in [-0.2, 0) is 0 Å². The largest absolute Gasteiger partial charge is 0.478 e. The second-order valence-electron chi connectivity index (χ2n) is 6.62. The fraction of sp³-hybridized carbons (Fsp3) is 0.136. The van der Waals surface area contributed by atoms with Crippen LogP contribution < -0.4 is 10.6 Å². The topological polar surface area (TPSA) is 91.3 Å². The highest BCUT2D eigenvalue weighted by molar-refractivity contribution is 7.18. The molecule has 2 aromatic heterocycles. The number of benzene rings is 2. The second-order valence-corrected chi connectivity index (χ2v) is 7.54. The lowest BCUT2D eigenvalue weighted by atomic mass is 10.1. The summed E-state index contributed by atoms with van der Waals surface area (Å²) in [6, 6.07) is 14.2. The van der Waals surface area contributed by atoms with Gasteiger partial charge in [0.2, 0.25) is 0 Å². The van der Waals surface area contributed by atoms with Crippen LogP contribution in [0.4, 0.5) is 11.5 Å². The number of carboxylic acid groups (broad SMARTS) is 1. The first-order chi connectivity index (χ1) is 14.1. The zero-order valence-corrected chi connectivity index (χ0v) is 16.5. The Balaban J connectivity index is 1.74. The number of pyridine rings is 1. The minimum Gasteiger partial charge on any atom is -0.478 e. The summed E-state index contributed by atoms with van der Waals surface area (Å²) in [5.74, 6) is -0.476. The number of thiophene rings is 1. The van der Waals surface area contributed by atoms with E-state index >= 15 is 0 Å². The van der Waals surface area contributed by atoms with Crippen molar-refractivity contribution in [2.75, 3.05) is 11.9 Å². The normalized spacial score (nSPS) is 10.9. The van der Waals surface area contributed by atoms with E-state index in [0.29, 0.717) is 23.4 Å². The maximum Gasteiger partial charge on any atom is 0.335 e. The first-order valence-corrected chi connectivity index (χ1v) is 10.1. The maximum absolute atomic E-state index is 12.2. The number of amides is 1. The number of nitrogens with one attached hydrogen (secondary N) is 2. The summed E-state index contributed by atoms with van der Waals surface area (Å²) in [4.78, 5) is 28.2. The lowest BCUT2D eigenvalue weighted by Crippen LogP contribution is -2.23. The van der Waals surface area contributed by atoms with Gasteiger partial charge in [0.25, 0.3) is 5.91 Å². The third-order valence-electron chi connectivity index (χ3n) is 4.56. The van der Waals surface area contributed by atoms with Gasteiger partial charge in [-0.3, -0.25) is 4.79 Å². The van der Waals surface area contributed by atoms with Gasteiger partial charge in [-0.1, -0.05) is 19.1 Å². The first-order valence-electron chi connectivity index (χ1n) is 9.26. The monoisotopic (exact) mass is 405 g/mol. The number of aromatic carboxylic acids is 1. The van der Waals surface area contributed by atoms with Crippen molar-refractivity contribution in [3.63, 3.8) is 0 Å². The average Bonchev–Trinajstić information content (AvgIpc) is 3.22. The molecule has 4 aromatic rings. The number of hydrogen-bond donors (Lipinski definition) is 3. The Hall–Kier alpha value is -3.45. The summed E-state index contributed by atoms with van der Waals surface area (Å²) in [5, 5.41) is 19.3. The summed E-state index contributed by atoms with van der Waals surface area (Å²) in [6.07, 6.45) is 0.874. The average molecular weight is 405 g/mol. The fourth-order valence-electron chi connectivity index (χ4n) is 3.14. The van der Waals surface area contributed by atoms with Crippen molar-refractivity contribution in [2.24, 2.45) is 0 Å². The zero-order valence-electron chi connectivity index (χ0n) is 15.7. The van der Waals surface area contributed by atoms with Crippen LogP contribution in [0, 0.1) is 0 Å². The van der Waals surface area contributed by atoms with Crippen molar-refractivity contribution >= 4 is 55.7 Å². The lowest BCUT2D eigenvalue weighted by molar-refractivity contribution is 0.0696. The van der Waals surface area contributed by atoms with Crippen molar-refractivity contribution in [1.29, 1.82) is 0 Å². The van der Waals surface area contributed by atoms with E-state index in [1.807, 2.05) is 30.5 Å². The number of nitrogens with zero attached hydrogens (tertiary/aromatic N) is 1. The Morgan fingerprint density at radius 1 is 1.07 bits per heavy atom. The molecule has 0 radical (unpaired) electrons. The highest BCUT2D eigenvalue weighted by Gasteiger charge is 2.13. The highest BCUT2D eigenvalue weighted by atomic mass is 32.1. The van der Waals surface area contributed by atoms with Crippen LogP contribution in [-0.4, -0.2) is 28.5 Å². The van der Waals surface area contributed by atoms with Gasteiger partial charge in [-0.15, -0.1) is 11.3 Å². The maximum atomic E-state index is 12.2. The predicted molar refractivity (Wildman–Crippen MR) is 116 cm³/mol. The molecule has 2 heterocycles. The lowest BCUT2D eigenvalue weighted by Gasteiger charge is -2.11. The molecule has 0 aliphatic rings. The number of carbonyl (C=O) groups is 2. The van der Waals surface area contributed by atoms with E-state index in [0.717, 1.165) is 27.6 Å². The molecule has 3 N–H and O–H groups in total. The number of anilines is 2. The summed E-state index contributed by atoms with van der Waals surface area (Å²) >= 11 is 1.58. The molecule has 0 aliphatic heterocycles. The number of carbonyl (C=O) groups excluding carboxylic acids is 1. The Labute approximate surface area is 171 Å². The fourth-order valence-corrected chi connectivity index (χ4v) is 4.08. The van der Waals surface area contributed by atoms with E-state index in [1.165, 1.54) is 0 Å². The smallest absolute Gasteiger partial charge is 0.335 e. The Bertz CT molecular complexity index is 1230. The molecule has 0 bridgehead atoms. The van der Waals surface area contributed by atoms with E-state index < -0.39 is 5.97 Å². The van der Waals surface area contributed by atoms with Crippen LogP contribution in [0.3, 0.4) is 0 Å². The van der Waals surface area contributed by atoms with Crippen molar-refractivity contribution in [1.82, 2.24) is 10.3 Å². The molecule has 7 heteroatoms. The molecule has 0 spiro atoms. The van der Waals surface area contributed by atoms with Gasteiger partial charge in [-0.05, 0) is 48.2 Å². The SMILES string of the molecule is CCCNC(=O)c1cccc(Nc2nc3cc(C(=O)O)ccc3c3sccc23)c1. The molecular weight excluding hydrogens is 386 g/mol. The zero-order chi connectivity index (χ0) is 20.4. The van der Waals surface area contributed by atoms with Crippen molar-refractivity contribution < 1.29 is 14.7 Å². The van der Waals surface area contributed by atoms with E-state index in [9.17, 15) is 14.7 Å². The van der Waals surface area contributed by atoms with E-state index in [1.54, 1.807) is 41.7 Å². The molecule has 0 fully saturated rings. The minimum absolute atomic E-state index is 0.117. The third-order valence-corrected chi connectivity index (χ3v) is 5.51. The molecular formula is C22H19N3O3S. The molecule has 29 heavy (non-hydrogen) atoms. The molecule has 146 valence electrons. The Morgan fingerprint density at radius 3 is 2.72 bits per heavy atom. The standard InChI is InChI=1S/C22H19N3O3S/c1-2-9-23-21(26)13-4-3-5-15(11-13)24-20-17-8-10-29-19(17)16-7-6-14(22(27)28)12-18(16)25-20/h3-8,10-12H,2,9H2,1H3,(H,23,26)(H,24,25)(H,27,28).